The molecule has 0 aliphatic carbocycles. The molecule has 0 aromatic heterocycles. The van der Waals surface area contributed by atoms with Crippen molar-refractivity contribution in [1.29, 1.82) is 0 Å². The van der Waals surface area contributed by atoms with Gasteiger partial charge in [0.15, 0.2) is 0 Å². The average molecular weight is 321 g/mol. The van der Waals surface area contributed by atoms with Gasteiger partial charge in [-0.3, -0.25) is 0 Å². The third-order valence-electron chi connectivity index (χ3n) is 3.12. The van der Waals surface area contributed by atoms with Crippen molar-refractivity contribution >= 4 is 15.9 Å². The van der Waals surface area contributed by atoms with Gasteiger partial charge in [-0.1, -0.05) is 46.3 Å². The number of benzene rings is 2. The zero-order valence-corrected chi connectivity index (χ0v) is 12.6. The molecule has 0 aliphatic heterocycles. The molecule has 0 saturated heterocycles. The quantitative estimate of drug-likeness (QED) is 0.925. The van der Waals surface area contributed by atoms with Gasteiger partial charge in [-0.25, -0.2) is 0 Å². The van der Waals surface area contributed by atoms with Gasteiger partial charge in [-0.15, -0.1) is 0 Å². The Morgan fingerprint density at radius 3 is 2.58 bits per heavy atom. The number of para-hydroxylation sites is 1. The lowest BCUT2D eigenvalue weighted by molar-refractivity contribution is 0.0549. The van der Waals surface area contributed by atoms with Crippen LogP contribution < -0.4 is 4.74 Å². The Kier molecular flexibility index (Phi) is 4.27. The Hall–Kier alpha value is -1.32. The maximum atomic E-state index is 10.7. The first-order valence-corrected chi connectivity index (χ1v) is 6.92. The highest BCUT2D eigenvalue weighted by Crippen LogP contribution is 2.32. The van der Waals surface area contributed by atoms with E-state index in [9.17, 15) is 5.11 Å². The predicted molar refractivity (Wildman–Crippen MR) is 80.4 cm³/mol. The summed E-state index contributed by atoms with van der Waals surface area (Å²) in [6, 6.07) is 15.5. The third-order valence-corrected chi connectivity index (χ3v) is 3.62. The van der Waals surface area contributed by atoms with Gasteiger partial charge in [-0.05, 0) is 30.7 Å². The van der Waals surface area contributed by atoms with Crippen LogP contribution in [0.2, 0.25) is 0 Å². The summed E-state index contributed by atoms with van der Waals surface area (Å²) in [7, 11) is 1.62. The van der Waals surface area contributed by atoms with Gasteiger partial charge in [0, 0.05) is 16.5 Å². The normalized spacial score (nSPS) is 13.9. The van der Waals surface area contributed by atoms with Gasteiger partial charge in [-0.2, -0.15) is 0 Å². The molecule has 0 saturated carbocycles. The summed E-state index contributed by atoms with van der Waals surface area (Å²) in [5.41, 5.74) is 0.913. The smallest absolute Gasteiger partial charge is 0.124 e. The van der Waals surface area contributed by atoms with Crippen LogP contribution in [0.25, 0.3) is 0 Å². The monoisotopic (exact) mass is 320 g/mol. The first-order chi connectivity index (χ1) is 9.03. The van der Waals surface area contributed by atoms with Gasteiger partial charge in [0.2, 0.25) is 0 Å². The fourth-order valence-electron chi connectivity index (χ4n) is 2.23. The van der Waals surface area contributed by atoms with E-state index in [-0.39, 0.29) is 0 Å². The Morgan fingerprint density at radius 2 is 1.89 bits per heavy atom. The van der Waals surface area contributed by atoms with Crippen LogP contribution in [0.1, 0.15) is 18.1 Å². The van der Waals surface area contributed by atoms with Crippen molar-refractivity contribution < 1.29 is 9.84 Å². The Labute approximate surface area is 122 Å². The lowest BCUT2D eigenvalue weighted by Crippen LogP contribution is -2.25. The van der Waals surface area contributed by atoms with E-state index in [1.807, 2.05) is 55.5 Å². The van der Waals surface area contributed by atoms with E-state index in [0.29, 0.717) is 12.2 Å². The first kappa shape index (κ1) is 14.1. The highest BCUT2D eigenvalue weighted by Gasteiger charge is 2.26. The van der Waals surface area contributed by atoms with E-state index >= 15 is 0 Å². The number of rotatable bonds is 4. The maximum Gasteiger partial charge on any atom is 0.124 e. The Morgan fingerprint density at radius 1 is 1.16 bits per heavy atom. The summed E-state index contributed by atoms with van der Waals surface area (Å²) in [6.07, 6.45) is 0.535. The summed E-state index contributed by atoms with van der Waals surface area (Å²) in [6.45, 7) is 1.81. The molecule has 1 N–H and O–H groups in total. The summed E-state index contributed by atoms with van der Waals surface area (Å²) >= 11 is 3.45. The predicted octanol–water partition coefficient (Wildman–Crippen LogP) is 3.91. The van der Waals surface area contributed by atoms with Crippen LogP contribution in [0.15, 0.2) is 53.0 Å². The van der Waals surface area contributed by atoms with Gasteiger partial charge in [0.25, 0.3) is 0 Å². The molecule has 1 unspecified atom stereocenters. The molecule has 0 bridgehead atoms. The molecule has 19 heavy (non-hydrogen) atoms. The van der Waals surface area contributed by atoms with Crippen LogP contribution in [-0.4, -0.2) is 12.2 Å². The highest BCUT2D eigenvalue weighted by atomic mass is 79.9. The van der Waals surface area contributed by atoms with Crippen LogP contribution in [0, 0.1) is 0 Å². The molecule has 100 valence electrons. The summed E-state index contributed by atoms with van der Waals surface area (Å²) in [5.74, 6) is 0.711. The number of aliphatic hydroxyl groups is 1. The molecule has 0 radical (unpaired) electrons. The van der Waals surface area contributed by atoms with Crippen LogP contribution in [0.4, 0.5) is 0 Å². The second-order valence-electron chi connectivity index (χ2n) is 4.78. The zero-order valence-electron chi connectivity index (χ0n) is 11.1. The molecule has 0 fully saturated rings. The van der Waals surface area contributed by atoms with Crippen LogP contribution in [0.5, 0.6) is 5.75 Å². The van der Waals surface area contributed by atoms with E-state index in [4.69, 9.17) is 4.74 Å². The SMILES string of the molecule is COc1ccccc1C(C)(O)Cc1cccc(Br)c1. The number of methoxy groups -OCH3 is 1. The minimum absolute atomic E-state index is 0.535. The first-order valence-electron chi connectivity index (χ1n) is 6.13. The fraction of sp³-hybridized carbons (Fsp3) is 0.250. The summed E-state index contributed by atoms with van der Waals surface area (Å²) in [4.78, 5) is 0. The standard InChI is InChI=1S/C16H17BrO2/c1-16(18,11-12-6-5-7-13(17)10-12)14-8-3-4-9-15(14)19-2/h3-10,18H,11H2,1-2H3. The molecule has 1 atom stereocenters. The van der Waals surface area contributed by atoms with Crippen molar-refractivity contribution in [2.45, 2.75) is 18.9 Å². The summed E-state index contributed by atoms with van der Waals surface area (Å²) in [5, 5.41) is 10.7. The number of ether oxygens (including phenoxy) is 1. The van der Waals surface area contributed by atoms with Crippen molar-refractivity contribution in [1.82, 2.24) is 0 Å². The minimum Gasteiger partial charge on any atom is -0.496 e. The molecule has 0 spiro atoms. The Bertz CT molecular complexity index is 564. The van der Waals surface area contributed by atoms with Gasteiger partial charge in [0.1, 0.15) is 5.75 Å². The zero-order chi connectivity index (χ0) is 13.9. The van der Waals surface area contributed by atoms with Crippen LogP contribution >= 0.6 is 15.9 Å². The third kappa shape index (κ3) is 3.37. The van der Waals surface area contributed by atoms with Gasteiger partial charge >= 0.3 is 0 Å². The van der Waals surface area contributed by atoms with Crippen LogP contribution in [-0.2, 0) is 12.0 Å². The van der Waals surface area contributed by atoms with E-state index < -0.39 is 5.60 Å². The number of halogens is 1. The minimum atomic E-state index is -0.965. The van der Waals surface area contributed by atoms with Crippen molar-refractivity contribution in [2.75, 3.05) is 7.11 Å². The molecule has 2 nitrogen and oxygen atoms in total. The van der Waals surface area contributed by atoms with E-state index in [0.717, 1.165) is 15.6 Å². The molecular formula is C16H17BrO2. The fourth-order valence-corrected chi connectivity index (χ4v) is 2.68. The molecule has 2 aromatic carbocycles. The second kappa shape index (κ2) is 5.76. The lowest BCUT2D eigenvalue weighted by atomic mass is 9.88. The van der Waals surface area contributed by atoms with E-state index in [2.05, 4.69) is 15.9 Å². The van der Waals surface area contributed by atoms with E-state index in [1.165, 1.54) is 0 Å². The second-order valence-corrected chi connectivity index (χ2v) is 5.70. The molecule has 2 aromatic rings. The number of hydrogen-bond donors (Lipinski definition) is 1. The lowest BCUT2D eigenvalue weighted by Gasteiger charge is -2.26. The molecule has 3 heteroatoms. The maximum absolute atomic E-state index is 10.7. The molecule has 0 heterocycles. The Balaban J connectivity index is 2.32. The highest BCUT2D eigenvalue weighted by molar-refractivity contribution is 9.10. The largest absolute Gasteiger partial charge is 0.496 e. The van der Waals surface area contributed by atoms with Gasteiger partial charge in [0.05, 0.1) is 12.7 Å². The average Bonchev–Trinajstić information content (AvgIpc) is 2.38. The molecular weight excluding hydrogens is 304 g/mol. The van der Waals surface area contributed by atoms with Crippen molar-refractivity contribution in [3.63, 3.8) is 0 Å². The van der Waals surface area contributed by atoms with Crippen molar-refractivity contribution in [3.8, 4) is 5.75 Å². The number of hydrogen-bond acceptors (Lipinski definition) is 2. The van der Waals surface area contributed by atoms with Crippen molar-refractivity contribution in [3.05, 3.63) is 64.1 Å². The van der Waals surface area contributed by atoms with Crippen LogP contribution in [0.3, 0.4) is 0 Å². The molecule has 0 amide bonds. The molecule has 0 aliphatic rings. The van der Waals surface area contributed by atoms with Gasteiger partial charge < -0.3 is 9.84 Å². The summed E-state index contributed by atoms with van der Waals surface area (Å²) < 4.78 is 6.34. The van der Waals surface area contributed by atoms with Crippen molar-refractivity contribution in [2.24, 2.45) is 0 Å². The topological polar surface area (TPSA) is 29.5 Å². The molecule has 2 rings (SSSR count). The van der Waals surface area contributed by atoms with E-state index in [1.54, 1.807) is 7.11 Å².